The summed E-state index contributed by atoms with van der Waals surface area (Å²) in [4.78, 5) is 11.5. The van der Waals surface area contributed by atoms with Crippen molar-refractivity contribution in [3.05, 3.63) is 47.0 Å². The number of nitrogens with one attached hydrogen (secondary N) is 1. The molecule has 0 aliphatic carbocycles. The van der Waals surface area contributed by atoms with Crippen molar-refractivity contribution >= 4 is 17.3 Å². The van der Waals surface area contributed by atoms with Crippen LogP contribution in [0.4, 0.5) is 11.4 Å². The van der Waals surface area contributed by atoms with Gasteiger partial charge in [0.2, 0.25) is 5.91 Å². The molecule has 2 aromatic rings. The van der Waals surface area contributed by atoms with Gasteiger partial charge in [0.05, 0.1) is 5.69 Å². The monoisotopic (exact) mass is 282 g/mol. The number of aryl methyl sites for hydroxylation is 3. The van der Waals surface area contributed by atoms with Crippen LogP contribution < -0.4 is 15.8 Å². The van der Waals surface area contributed by atoms with Crippen molar-refractivity contribution in [1.29, 1.82) is 0 Å². The number of nitrogens with two attached hydrogens (primary N) is 1. The predicted octanol–water partition coefficient (Wildman–Crippen LogP) is 3.56. The maximum Gasteiger partial charge on any atom is 0.224 e. The topological polar surface area (TPSA) is 64.3 Å². The average molecular weight is 282 g/mol. The Bertz CT molecular complexity index is 703. The Morgan fingerprint density at radius 3 is 2.48 bits per heavy atom. The van der Waals surface area contributed by atoms with Gasteiger partial charge < -0.3 is 15.8 Å². The van der Waals surface area contributed by atoms with Gasteiger partial charge in [0.15, 0.2) is 5.75 Å². The van der Waals surface area contributed by atoms with Crippen molar-refractivity contribution in [2.45, 2.75) is 26.7 Å². The second-order valence-corrected chi connectivity index (χ2v) is 5.52. The summed E-state index contributed by atoms with van der Waals surface area (Å²) in [6.07, 6.45) is 1.22. The molecule has 1 aliphatic rings. The van der Waals surface area contributed by atoms with Gasteiger partial charge in [-0.05, 0) is 55.2 Å². The van der Waals surface area contributed by atoms with E-state index in [4.69, 9.17) is 10.5 Å². The number of anilines is 2. The standard InChI is InChI=1S/C17H18N2O2/c1-10-5-11(2)7-13(6-10)21-16-9-15-12(8-14(16)18)3-4-17(20)19-15/h5-9H,3-4,18H2,1-2H3,(H,19,20). The van der Waals surface area contributed by atoms with Crippen molar-refractivity contribution in [2.75, 3.05) is 11.1 Å². The smallest absolute Gasteiger partial charge is 0.224 e. The number of ether oxygens (including phenoxy) is 1. The minimum atomic E-state index is 0.0321. The third kappa shape index (κ3) is 2.84. The third-order valence-corrected chi connectivity index (χ3v) is 3.55. The lowest BCUT2D eigenvalue weighted by Crippen LogP contribution is -2.19. The summed E-state index contributed by atoms with van der Waals surface area (Å²) < 4.78 is 5.90. The van der Waals surface area contributed by atoms with Gasteiger partial charge in [-0.2, -0.15) is 0 Å². The third-order valence-electron chi connectivity index (χ3n) is 3.55. The fourth-order valence-corrected chi connectivity index (χ4v) is 2.63. The Hall–Kier alpha value is -2.49. The van der Waals surface area contributed by atoms with Gasteiger partial charge in [-0.15, -0.1) is 0 Å². The highest BCUT2D eigenvalue weighted by Gasteiger charge is 2.17. The van der Waals surface area contributed by atoms with Gasteiger partial charge in [-0.25, -0.2) is 0 Å². The first-order chi connectivity index (χ1) is 10.0. The summed E-state index contributed by atoms with van der Waals surface area (Å²) in [5, 5.41) is 2.86. The van der Waals surface area contributed by atoms with E-state index in [-0.39, 0.29) is 5.91 Å². The molecule has 0 radical (unpaired) electrons. The van der Waals surface area contributed by atoms with E-state index < -0.39 is 0 Å². The molecule has 0 saturated heterocycles. The molecule has 0 fully saturated rings. The number of carbonyl (C=O) groups is 1. The van der Waals surface area contributed by atoms with E-state index in [9.17, 15) is 4.79 Å². The minimum absolute atomic E-state index is 0.0321. The lowest BCUT2D eigenvalue weighted by atomic mass is 10.0. The molecular formula is C17H18N2O2. The van der Waals surface area contributed by atoms with Gasteiger partial charge in [0.1, 0.15) is 5.75 Å². The predicted molar refractivity (Wildman–Crippen MR) is 83.8 cm³/mol. The molecule has 3 N–H and O–H groups in total. The zero-order valence-electron chi connectivity index (χ0n) is 12.2. The van der Waals surface area contributed by atoms with E-state index in [2.05, 4.69) is 11.4 Å². The maximum absolute atomic E-state index is 11.5. The van der Waals surface area contributed by atoms with E-state index in [1.54, 1.807) is 6.07 Å². The van der Waals surface area contributed by atoms with Crippen LogP contribution >= 0.6 is 0 Å². The molecule has 1 heterocycles. The molecule has 4 nitrogen and oxygen atoms in total. The van der Waals surface area contributed by atoms with Crippen LogP contribution in [-0.2, 0) is 11.2 Å². The number of nitrogen functional groups attached to an aromatic ring is 1. The van der Waals surface area contributed by atoms with Gasteiger partial charge >= 0.3 is 0 Å². The molecule has 3 rings (SSSR count). The molecule has 1 amide bonds. The Morgan fingerprint density at radius 1 is 1.05 bits per heavy atom. The maximum atomic E-state index is 11.5. The summed E-state index contributed by atoms with van der Waals surface area (Å²) in [7, 11) is 0. The zero-order chi connectivity index (χ0) is 15.0. The molecule has 108 valence electrons. The van der Waals surface area contributed by atoms with Crippen LogP contribution in [0.1, 0.15) is 23.1 Å². The second-order valence-electron chi connectivity index (χ2n) is 5.52. The highest BCUT2D eigenvalue weighted by Crippen LogP contribution is 2.35. The largest absolute Gasteiger partial charge is 0.455 e. The fourth-order valence-electron chi connectivity index (χ4n) is 2.63. The molecule has 0 unspecified atom stereocenters. The number of carbonyl (C=O) groups excluding carboxylic acids is 1. The van der Waals surface area contributed by atoms with Crippen molar-refractivity contribution in [1.82, 2.24) is 0 Å². The Kier molecular flexibility index (Phi) is 3.29. The van der Waals surface area contributed by atoms with Crippen LogP contribution in [0.5, 0.6) is 11.5 Å². The Labute approximate surface area is 123 Å². The number of hydrogen-bond donors (Lipinski definition) is 2. The highest BCUT2D eigenvalue weighted by molar-refractivity contribution is 5.94. The molecule has 0 saturated carbocycles. The molecule has 0 atom stereocenters. The van der Waals surface area contributed by atoms with Crippen molar-refractivity contribution in [2.24, 2.45) is 0 Å². The average Bonchev–Trinajstić information content (AvgIpc) is 2.39. The summed E-state index contributed by atoms with van der Waals surface area (Å²) in [5.41, 5.74) is 10.8. The van der Waals surface area contributed by atoms with Crippen LogP contribution in [0.25, 0.3) is 0 Å². The first-order valence-electron chi connectivity index (χ1n) is 6.99. The van der Waals surface area contributed by atoms with Gasteiger partial charge in [-0.1, -0.05) is 6.07 Å². The molecule has 4 heteroatoms. The zero-order valence-corrected chi connectivity index (χ0v) is 12.2. The summed E-state index contributed by atoms with van der Waals surface area (Å²) in [6, 6.07) is 9.70. The van der Waals surface area contributed by atoms with Crippen molar-refractivity contribution in [3.63, 3.8) is 0 Å². The Morgan fingerprint density at radius 2 is 1.76 bits per heavy atom. The van der Waals surface area contributed by atoms with E-state index in [1.807, 2.05) is 32.0 Å². The number of hydrogen-bond acceptors (Lipinski definition) is 3. The number of benzene rings is 2. The molecular weight excluding hydrogens is 264 g/mol. The minimum Gasteiger partial charge on any atom is -0.455 e. The molecule has 0 bridgehead atoms. The van der Waals surface area contributed by atoms with E-state index in [1.165, 1.54) is 0 Å². The summed E-state index contributed by atoms with van der Waals surface area (Å²) in [5.74, 6) is 1.35. The van der Waals surface area contributed by atoms with Gasteiger partial charge in [0.25, 0.3) is 0 Å². The number of fused-ring (bicyclic) bond motifs is 1. The van der Waals surface area contributed by atoms with Gasteiger partial charge in [-0.3, -0.25) is 4.79 Å². The van der Waals surface area contributed by atoms with E-state index >= 15 is 0 Å². The number of rotatable bonds is 2. The second kappa shape index (κ2) is 5.13. The van der Waals surface area contributed by atoms with Crippen molar-refractivity contribution in [3.8, 4) is 11.5 Å². The Balaban J connectivity index is 1.95. The van der Waals surface area contributed by atoms with Crippen LogP contribution in [0.3, 0.4) is 0 Å². The normalized spacial score (nSPS) is 13.5. The van der Waals surface area contributed by atoms with Crippen molar-refractivity contribution < 1.29 is 9.53 Å². The molecule has 0 aromatic heterocycles. The van der Waals surface area contributed by atoms with Crippen LogP contribution in [0.15, 0.2) is 30.3 Å². The lowest BCUT2D eigenvalue weighted by molar-refractivity contribution is -0.116. The molecule has 1 aliphatic heterocycles. The first kappa shape index (κ1) is 13.5. The summed E-state index contributed by atoms with van der Waals surface area (Å²) in [6.45, 7) is 4.05. The van der Waals surface area contributed by atoms with E-state index in [0.717, 1.165) is 34.5 Å². The fraction of sp³-hybridized carbons (Fsp3) is 0.235. The number of amides is 1. The lowest BCUT2D eigenvalue weighted by Gasteiger charge is -2.19. The summed E-state index contributed by atoms with van der Waals surface area (Å²) >= 11 is 0. The first-order valence-corrected chi connectivity index (χ1v) is 6.99. The molecule has 21 heavy (non-hydrogen) atoms. The highest BCUT2D eigenvalue weighted by atomic mass is 16.5. The van der Waals surface area contributed by atoms with Gasteiger partial charge in [0, 0.05) is 18.2 Å². The van der Waals surface area contributed by atoms with Crippen LogP contribution in [-0.4, -0.2) is 5.91 Å². The molecule has 2 aromatic carbocycles. The van der Waals surface area contributed by atoms with Crippen LogP contribution in [0.2, 0.25) is 0 Å². The van der Waals surface area contributed by atoms with Crippen LogP contribution in [0, 0.1) is 13.8 Å². The van der Waals surface area contributed by atoms with E-state index in [0.29, 0.717) is 17.9 Å². The SMILES string of the molecule is Cc1cc(C)cc(Oc2cc3c(cc2N)CCC(=O)N3)c1. The quantitative estimate of drug-likeness (QED) is 0.828. The molecule has 0 spiro atoms.